The minimum Gasteiger partial charge on any atom is -0.326 e. The first-order valence-electron chi connectivity index (χ1n) is 9.34. The maximum atomic E-state index is 12.5. The average molecular weight is 381 g/mol. The SMILES string of the molecule is CCC(C)c1ccc(N2CC(C(=O)Nc3cccc([N+](=O)[O-])c3)CC2=O)cc1. The number of nitro benzene ring substituents is 1. The largest absolute Gasteiger partial charge is 0.326 e. The zero-order chi connectivity index (χ0) is 20.3. The van der Waals surface area contributed by atoms with Crippen LogP contribution in [-0.2, 0) is 9.59 Å². The molecule has 2 atom stereocenters. The molecular formula is C21H23N3O4. The van der Waals surface area contributed by atoms with E-state index in [-0.39, 0.29) is 23.9 Å². The lowest BCUT2D eigenvalue weighted by molar-refractivity contribution is -0.384. The van der Waals surface area contributed by atoms with Gasteiger partial charge in [0.2, 0.25) is 11.8 Å². The van der Waals surface area contributed by atoms with Gasteiger partial charge in [0.25, 0.3) is 5.69 Å². The van der Waals surface area contributed by atoms with Crippen molar-refractivity contribution >= 4 is 28.9 Å². The van der Waals surface area contributed by atoms with E-state index in [0.29, 0.717) is 18.2 Å². The van der Waals surface area contributed by atoms with Crippen LogP contribution in [0, 0.1) is 16.0 Å². The van der Waals surface area contributed by atoms with Crippen LogP contribution >= 0.6 is 0 Å². The highest BCUT2D eigenvalue weighted by molar-refractivity contribution is 6.03. The Labute approximate surface area is 163 Å². The van der Waals surface area contributed by atoms with Crippen molar-refractivity contribution in [1.82, 2.24) is 0 Å². The Morgan fingerprint density at radius 1 is 1.29 bits per heavy atom. The fourth-order valence-electron chi connectivity index (χ4n) is 3.29. The van der Waals surface area contributed by atoms with Crippen LogP contribution in [0.5, 0.6) is 0 Å². The van der Waals surface area contributed by atoms with Gasteiger partial charge in [0, 0.05) is 36.5 Å². The number of nitrogens with zero attached hydrogens (tertiary/aromatic N) is 2. The van der Waals surface area contributed by atoms with Gasteiger partial charge in [-0.25, -0.2) is 0 Å². The Bertz CT molecular complexity index is 895. The van der Waals surface area contributed by atoms with Crippen molar-refractivity contribution in [2.75, 3.05) is 16.8 Å². The number of non-ortho nitro benzene ring substituents is 1. The van der Waals surface area contributed by atoms with E-state index in [9.17, 15) is 19.7 Å². The van der Waals surface area contributed by atoms with Crippen LogP contribution < -0.4 is 10.2 Å². The molecule has 2 aromatic rings. The molecule has 146 valence electrons. The molecular weight excluding hydrogens is 358 g/mol. The predicted octanol–water partition coefficient (Wildman–Crippen LogP) is 4.10. The minimum atomic E-state index is -0.514. The second-order valence-corrected chi connectivity index (χ2v) is 7.10. The van der Waals surface area contributed by atoms with E-state index in [4.69, 9.17) is 0 Å². The molecule has 1 N–H and O–H groups in total. The van der Waals surface area contributed by atoms with Crippen LogP contribution in [-0.4, -0.2) is 23.3 Å². The fraction of sp³-hybridized carbons (Fsp3) is 0.333. The third-order valence-corrected chi connectivity index (χ3v) is 5.21. The van der Waals surface area contributed by atoms with Gasteiger partial charge < -0.3 is 10.2 Å². The summed E-state index contributed by atoms with van der Waals surface area (Å²) in [5.74, 6) is -0.458. The number of benzene rings is 2. The molecule has 0 aromatic heterocycles. The Morgan fingerprint density at radius 2 is 2.00 bits per heavy atom. The molecule has 1 aliphatic rings. The summed E-state index contributed by atoms with van der Waals surface area (Å²) >= 11 is 0. The maximum Gasteiger partial charge on any atom is 0.271 e. The van der Waals surface area contributed by atoms with Crippen LogP contribution in [0.1, 0.15) is 38.2 Å². The summed E-state index contributed by atoms with van der Waals surface area (Å²) in [6.45, 7) is 4.58. The van der Waals surface area contributed by atoms with Gasteiger partial charge in [-0.1, -0.05) is 32.0 Å². The van der Waals surface area contributed by atoms with Crippen molar-refractivity contribution < 1.29 is 14.5 Å². The van der Waals surface area contributed by atoms with Gasteiger partial charge in [0.1, 0.15) is 0 Å². The van der Waals surface area contributed by atoms with E-state index in [0.717, 1.165) is 12.1 Å². The van der Waals surface area contributed by atoms with Crippen molar-refractivity contribution in [3.05, 3.63) is 64.2 Å². The molecule has 7 nitrogen and oxygen atoms in total. The summed E-state index contributed by atoms with van der Waals surface area (Å²) in [4.78, 5) is 36.9. The quantitative estimate of drug-likeness (QED) is 0.602. The Morgan fingerprint density at radius 3 is 2.64 bits per heavy atom. The normalized spacial score (nSPS) is 17.4. The Balaban J connectivity index is 1.67. The monoisotopic (exact) mass is 381 g/mol. The lowest BCUT2D eigenvalue weighted by Crippen LogP contribution is -2.28. The summed E-state index contributed by atoms with van der Waals surface area (Å²) in [6.07, 6.45) is 1.16. The van der Waals surface area contributed by atoms with Gasteiger partial charge in [0.05, 0.1) is 10.8 Å². The highest BCUT2D eigenvalue weighted by atomic mass is 16.6. The van der Waals surface area contributed by atoms with E-state index in [1.54, 1.807) is 11.0 Å². The molecule has 2 amide bonds. The van der Waals surface area contributed by atoms with Crippen LogP contribution in [0.4, 0.5) is 17.1 Å². The average Bonchev–Trinajstić information content (AvgIpc) is 3.09. The number of anilines is 2. The number of nitrogens with one attached hydrogen (secondary N) is 1. The summed E-state index contributed by atoms with van der Waals surface area (Å²) in [6, 6.07) is 13.6. The number of carbonyl (C=O) groups excluding carboxylic acids is 2. The molecule has 0 bridgehead atoms. The van der Waals surface area contributed by atoms with E-state index >= 15 is 0 Å². The van der Waals surface area contributed by atoms with Crippen LogP contribution in [0.3, 0.4) is 0 Å². The van der Waals surface area contributed by atoms with Gasteiger partial charge >= 0.3 is 0 Å². The molecule has 2 unspecified atom stereocenters. The van der Waals surface area contributed by atoms with Crippen LogP contribution in [0.15, 0.2) is 48.5 Å². The molecule has 1 aliphatic heterocycles. The molecule has 3 rings (SSSR count). The standard InChI is InChI=1S/C21H23N3O4/c1-3-14(2)15-7-9-18(10-8-15)23-13-16(11-20(23)25)21(26)22-17-5-4-6-19(12-17)24(27)28/h4-10,12,14,16H,3,11,13H2,1-2H3,(H,22,26). The van der Waals surface area contributed by atoms with Crippen molar-refractivity contribution in [2.45, 2.75) is 32.6 Å². The van der Waals surface area contributed by atoms with Crippen molar-refractivity contribution in [3.8, 4) is 0 Å². The van der Waals surface area contributed by atoms with E-state index in [1.807, 2.05) is 24.3 Å². The maximum absolute atomic E-state index is 12.5. The third kappa shape index (κ3) is 4.19. The molecule has 0 saturated carbocycles. The fourth-order valence-corrected chi connectivity index (χ4v) is 3.29. The number of carbonyl (C=O) groups is 2. The second kappa shape index (κ2) is 8.21. The first-order valence-corrected chi connectivity index (χ1v) is 9.34. The van der Waals surface area contributed by atoms with Gasteiger partial charge in [-0.15, -0.1) is 0 Å². The molecule has 0 radical (unpaired) electrons. The predicted molar refractivity (Wildman–Crippen MR) is 107 cm³/mol. The first kappa shape index (κ1) is 19.5. The Kier molecular flexibility index (Phi) is 5.73. The summed E-state index contributed by atoms with van der Waals surface area (Å²) < 4.78 is 0. The Hall–Kier alpha value is -3.22. The lowest BCUT2D eigenvalue weighted by atomic mass is 9.98. The zero-order valence-electron chi connectivity index (χ0n) is 15.9. The van der Waals surface area contributed by atoms with Gasteiger partial charge in [-0.05, 0) is 36.1 Å². The number of rotatable bonds is 6. The number of amides is 2. The van der Waals surface area contributed by atoms with E-state index in [1.165, 1.54) is 23.8 Å². The van der Waals surface area contributed by atoms with Crippen molar-refractivity contribution in [1.29, 1.82) is 0 Å². The molecule has 28 heavy (non-hydrogen) atoms. The van der Waals surface area contributed by atoms with Crippen molar-refractivity contribution in [3.63, 3.8) is 0 Å². The van der Waals surface area contributed by atoms with E-state index in [2.05, 4.69) is 19.2 Å². The summed E-state index contributed by atoms with van der Waals surface area (Å²) in [5.41, 5.74) is 2.26. The first-order chi connectivity index (χ1) is 13.4. The molecule has 1 fully saturated rings. The van der Waals surface area contributed by atoms with Crippen LogP contribution in [0.2, 0.25) is 0 Å². The molecule has 0 aliphatic carbocycles. The summed E-state index contributed by atoms with van der Waals surface area (Å²) in [7, 11) is 0. The second-order valence-electron chi connectivity index (χ2n) is 7.10. The number of hydrogen-bond donors (Lipinski definition) is 1. The zero-order valence-corrected chi connectivity index (χ0v) is 15.9. The molecule has 1 saturated heterocycles. The van der Waals surface area contributed by atoms with E-state index < -0.39 is 10.8 Å². The highest BCUT2D eigenvalue weighted by Gasteiger charge is 2.35. The van der Waals surface area contributed by atoms with Crippen LogP contribution in [0.25, 0.3) is 0 Å². The summed E-state index contributed by atoms with van der Waals surface area (Å²) in [5, 5.41) is 13.5. The third-order valence-electron chi connectivity index (χ3n) is 5.21. The topological polar surface area (TPSA) is 92.6 Å². The molecule has 7 heteroatoms. The number of nitro groups is 1. The highest BCUT2D eigenvalue weighted by Crippen LogP contribution is 2.28. The van der Waals surface area contributed by atoms with Crippen molar-refractivity contribution in [2.24, 2.45) is 5.92 Å². The minimum absolute atomic E-state index is 0.0941. The number of hydrogen-bond acceptors (Lipinski definition) is 4. The lowest BCUT2D eigenvalue weighted by Gasteiger charge is -2.18. The van der Waals surface area contributed by atoms with Gasteiger partial charge in [-0.3, -0.25) is 19.7 Å². The molecule has 2 aromatic carbocycles. The molecule has 1 heterocycles. The van der Waals surface area contributed by atoms with Gasteiger partial charge in [-0.2, -0.15) is 0 Å². The molecule has 0 spiro atoms. The smallest absolute Gasteiger partial charge is 0.271 e. The van der Waals surface area contributed by atoms with Gasteiger partial charge in [0.15, 0.2) is 0 Å².